The van der Waals surface area contributed by atoms with Crippen LogP contribution in [0.25, 0.3) is 5.65 Å². The zero-order chi connectivity index (χ0) is 16.6. The molecule has 2 heterocycles. The van der Waals surface area contributed by atoms with Crippen molar-refractivity contribution in [2.75, 3.05) is 5.32 Å². The second-order valence-electron chi connectivity index (χ2n) is 5.54. The lowest BCUT2D eigenvalue weighted by Gasteiger charge is -2.11. The van der Waals surface area contributed by atoms with Gasteiger partial charge in [0.05, 0.1) is 10.7 Å². The Bertz CT molecular complexity index is 899. The van der Waals surface area contributed by atoms with E-state index in [0.29, 0.717) is 17.1 Å². The van der Waals surface area contributed by atoms with Crippen LogP contribution < -0.4 is 5.32 Å². The van der Waals surface area contributed by atoms with Crippen LogP contribution in [0.1, 0.15) is 34.2 Å². The van der Waals surface area contributed by atoms with Gasteiger partial charge in [-0.1, -0.05) is 30.7 Å². The molecule has 0 fully saturated rings. The van der Waals surface area contributed by atoms with Gasteiger partial charge in [0.25, 0.3) is 5.91 Å². The molecule has 4 nitrogen and oxygen atoms in total. The molecule has 2 aromatic heterocycles. The van der Waals surface area contributed by atoms with Gasteiger partial charge in [-0.3, -0.25) is 9.20 Å². The second kappa shape index (κ2) is 6.05. The molecule has 0 saturated heterocycles. The maximum Gasteiger partial charge on any atom is 0.274 e. The van der Waals surface area contributed by atoms with Gasteiger partial charge in [-0.25, -0.2) is 4.98 Å². The summed E-state index contributed by atoms with van der Waals surface area (Å²) in [5.41, 5.74) is 5.03. The summed E-state index contributed by atoms with van der Waals surface area (Å²) in [6.07, 6.45) is 2.40. The summed E-state index contributed by atoms with van der Waals surface area (Å²) >= 11 is 6.07. The lowest BCUT2D eigenvalue weighted by Crippen LogP contribution is -2.17. The molecule has 5 heteroatoms. The quantitative estimate of drug-likeness (QED) is 0.774. The highest BCUT2D eigenvalue weighted by Crippen LogP contribution is 2.21. The Labute approximate surface area is 140 Å². The molecule has 118 valence electrons. The molecule has 0 spiro atoms. The number of aromatic nitrogens is 2. The Morgan fingerprint density at radius 1 is 1.26 bits per heavy atom. The van der Waals surface area contributed by atoms with E-state index in [0.717, 1.165) is 28.2 Å². The number of pyridine rings is 1. The van der Waals surface area contributed by atoms with Crippen LogP contribution in [0.5, 0.6) is 0 Å². The molecule has 0 aliphatic carbocycles. The van der Waals surface area contributed by atoms with Crippen molar-refractivity contribution in [3.63, 3.8) is 0 Å². The van der Waals surface area contributed by atoms with Gasteiger partial charge in [-0.05, 0) is 49.6 Å². The average Bonchev–Trinajstić information content (AvgIpc) is 2.89. The van der Waals surface area contributed by atoms with Crippen molar-refractivity contribution in [2.45, 2.75) is 27.2 Å². The smallest absolute Gasteiger partial charge is 0.274 e. The van der Waals surface area contributed by atoms with E-state index in [4.69, 9.17) is 11.6 Å². The minimum Gasteiger partial charge on any atom is -0.320 e. The second-order valence-corrected chi connectivity index (χ2v) is 5.97. The molecule has 3 rings (SSSR count). The molecule has 1 N–H and O–H groups in total. The van der Waals surface area contributed by atoms with E-state index in [-0.39, 0.29) is 5.91 Å². The monoisotopic (exact) mass is 327 g/mol. The number of hydrogen-bond acceptors (Lipinski definition) is 2. The molecule has 1 aromatic carbocycles. The van der Waals surface area contributed by atoms with Crippen LogP contribution in [0.3, 0.4) is 0 Å². The number of halogens is 1. The Hall–Kier alpha value is -2.33. The average molecular weight is 328 g/mol. The number of fused-ring (bicyclic) bond motifs is 1. The van der Waals surface area contributed by atoms with Crippen LogP contribution in [0, 0.1) is 13.8 Å². The van der Waals surface area contributed by atoms with E-state index in [1.54, 1.807) is 16.7 Å². The van der Waals surface area contributed by atoms with Gasteiger partial charge in [0.2, 0.25) is 0 Å². The van der Waals surface area contributed by atoms with E-state index in [2.05, 4.69) is 10.3 Å². The summed E-state index contributed by atoms with van der Waals surface area (Å²) in [6.45, 7) is 6.01. The molecular formula is C18H18ClN3O. The Balaban J connectivity index is 2.06. The Kier molecular flexibility index (Phi) is 4.09. The molecule has 0 aliphatic rings. The third-order valence-electron chi connectivity index (χ3n) is 4.06. The number of benzene rings is 1. The highest BCUT2D eigenvalue weighted by Gasteiger charge is 2.19. The van der Waals surface area contributed by atoms with Crippen molar-refractivity contribution in [1.29, 1.82) is 0 Å². The number of carbonyl (C=O) groups excluding carboxylic acids is 1. The molecule has 3 aromatic rings. The lowest BCUT2D eigenvalue weighted by atomic mass is 10.1. The summed E-state index contributed by atoms with van der Waals surface area (Å²) < 4.78 is 1.75. The Morgan fingerprint density at radius 3 is 2.78 bits per heavy atom. The number of carbonyl (C=O) groups is 1. The SMILES string of the molecule is CCc1nc2ccc(Cl)cn2c1C(=O)Nc1cccc(C)c1C. The van der Waals surface area contributed by atoms with Crippen LogP contribution >= 0.6 is 11.6 Å². The van der Waals surface area contributed by atoms with Gasteiger partial charge in [0.1, 0.15) is 11.3 Å². The van der Waals surface area contributed by atoms with Gasteiger partial charge in [0, 0.05) is 11.9 Å². The largest absolute Gasteiger partial charge is 0.320 e. The molecule has 23 heavy (non-hydrogen) atoms. The van der Waals surface area contributed by atoms with E-state index in [1.165, 1.54) is 0 Å². The van der Waals surface area contributed by atoms with Crippen molar-refractivity contribution in [2.24, 2.45) is 0 Å². The molecule has 0 saturated carbocycles. The number of amides is 1. The van der Waals surface area contributed by atoms with E-state index >= 15 is 0 Å². The summed E-state index contributed by atoms with van der Waals surface area (Å²) in [7, 11) is 0. The zero-order valence-electron chi connectivity index (χ0n) is 13.4. The first-order chi connectivity index (χ1) is 11.0. The third kappa shape index (κ3) is 2.82. The van der Waals surface area contributed by atoms with Crippen LogP contribution in [0.4, 0.5) is 5.69 Å². The van der Waals surface area contributed by atoms with Crippen LogP contribution in [-0.4, -0.2) is 15.3 Å². The van der Waals surface area contributed by atoms with Gasteiger partial charge in [0.15, 0.2) is 0 Å². The van der Waals surface area contributed by atoms with Crippen LogP contribution in [-0.2, 0) is 6.42 Å². The first-order valence-corrected chi connectivity index (χ1v) is 7.93. The number of nitrogens with one attached hydrogen (secondary N) is 1. The third-order valence-corrected chi connectivity index (χ3v) is 4.28. The summed E-state index contributed by atoms with van der Waals surface area (Å²) in [6, 6.07) is 9.45. The molecule has 0 bridgehead atoms. The zero-order valence-corrected chi connectivity index (χ0v) is 14.1. The Morgan fingerprint density at radius 2 is 2.04 bits per heavy atom. The summed E-state index contributed by atoms with van der Waals surface area (Å²) in [5, 5.41) is 3.56. The van der Waals surface area contributed by atoms with E-state index in [1.807, 2.05) is 45.0 Å². The van der Waals surface area contributed by atoms with Crippen molar-refractivity contribution in [3.05, 3.63) is 64.1 Å². The van der Waals surface area contributed by atoms with Crippen LogP contribution in [0.2, 0.25) is 5.02 Å². The number of imidazole rings is 1. The summed E-state index contributed by atoms with van der Waals surface area (Å²) in [5.74, 6) is -0.176. The molecule has 1 amide bonds. The van der Waals surface area contributed by atoms with Crippen molar-refractivity contribution >= 4 is 28.8 Å². The normalized spacial score (nSPS) is 11.0. The number of anilines is 1. The number of hydrogen-bond donors (Lipinski definition) is 1. The lowest BCUT2D eigenvalue weighted by molar-refractivity contribution is 0.102. The fourth-order valence-corrected chi connectivity index (χ4v) is 2.78. The molecule has 0 radical (unpaired) electrons. The van der Waals surface area contributed by atoms with Crippen molar-refractivity contribution < 1.29 is 4.79 Å². The highest BCUT2D eigenvalue weighted by atomic mass is 35.5. The molecule has 0 aliphatic heterocycles. The standard InChI is InChI=1S/C18H18ClN3O/c1-4-14-17(22-10-13(19)8-9-16(22)20-14)18(23)21-15-7-5-6-11(2)12(15)3/h5-10H,4H2,1-3H3,(H,21,23). The molecule has 0 unspecified atom stereocenters. The van der Waals surface area contributed by atoms with Gasteiger partial charge < -0.3 is 5.32 Å². The fourth-order valence-electron chi connectivity index (χ4n) is 2.62. The van der Waals surface area contributed by atoms with E-state index in [9.17, 15) is 4.79 Å². The number of rotatable bonds is 3. The molecule has 0 atom stereocenters. The highest BCUT2D eigenvalue weighted by molar-refractivity contribution is 6.30. The van der Waals surface area contributed by atoms with Gasteiger partial charge in [-0.15, -0.1) is 0 Å². The minimum atomic E-state index is -0.176. The first-order valence-electron chi connectivity index (χ1n) is 7.55. The maximum absolute atomic E-state index is 12.8. The van der Waals surface area contributed by atoms with Gasteiger partial charge in [-0.2, -0.15) is 0 Å². The minimum absolute atomic E-state index is 0.176. The number of nitrogens with zero attached hydrogens (tertiary/aromatic N) is 2. The molecular weight excluding hydrogens is 310 g/mol. The van der Waals surface area contributed by atoms with Gasteiger partial charge >= 0.3 is 0 Å². The van der Waals surface area contributed by atoms with E-state index < -0.39 is 0 Å². The maximum atomic E-state index is 12.8. The first kappa shape index (κ1) is 15.6. The predicted octanol–water partition coefficient (Wildman–Crippen LogP) is 4.42. The van der Waals surface area contributed by atoms with Crippen molar-refractivity contribution in [3.8, 4) is 0 Å². The topological polar surface area (TPSA) is 46.4 Å². The predicted molar refractivity (Wildman–Crippen MR) is 93.4 cm³/mol. The van der Waals surface area contributed by atoms with Crippen LogP contribution in [0.15, 0.2) is 36.5 Å². The number of aryl methyl sites for hydroxylation is 2. The van der Waals surface area contributed by atoms with Crippen molar-refractivity contribution in [1.82, 2.24) is 9.38 Å². The fraction of sp³-hybridized carbons (Fsp3) is 0.222. The summed E-state index contributed by atoms with van der Waals surface area (Å²) in [4.78, 5) is 17.3.